The van der Waals surface area contributed by atoms with Crippen LogP contribution in [0.25, 0.3) is 0 Å². The first kappa shape index (κ1) is 12.3. The molecule has 0 bridgehead atoms. The molecule has 0 spiro atoms. The molecule has 3 rings (SSSR count). The first-order valence-electron chi connectivity index (χ1n) is 6.62. The summed E-state index contributed by atoms with van der Waals surface area (Å²) < 4.78 is 30.7. The number of carbonyl (C=O) groups is 1. The van der Waals surface area contributed by atoms with Gasteiger partial charge in [-0.25, -0.2) is 4.79 Å². The topological polar surface area (TPSA) is 41.6 Å². The third-order valence-electron chi connectivity index (χ3n) is 4.27. The third kappa shape index (κ3) is 2.12. The molecule has 3 aliphatic rings. The summed E-state index contributed by atoms with van der Waals surface area (Å²) in [5.74, 6) is -4.66. The maximum absolute atomic E-state index is 13.0. The highest BCUT2D eigenvalue weighted by atomic mass is 19.3. The molecular formula is C12H18F2N2O2. The molecule has 3 saturated heterocycles. The van der Waals surface area contributed by atoms with Gasteiger partial charge in [-0.3, -0.25) is 4.90 Å². The molecular weight excluding hydrogens is 242 g/mol. The number of carbonyl (C=O) groups excluding carboxylic acids is 1. The number of hydrogen-bond donors (Lipinski definition) is 1. The molecule has 0 amide bonds. The van der Waals surface area contributed by atoms with E-state index in [1.807, 2.05) is 0 Å². The molecule has 0 aromatic carbocycles. The van der Waals surface area contributed by atoms with Crippen molar-refractivity contribution in [1.29, 1.82) is 0 Å². The molecule has 4 nitrogen and oxygen atoms in total. The number of hydrogen-bond acceptors (Lipinski definition) is 4. The van der Waals surface area contributed by atoms with E-state index in [-0.39, 0.29) is 0 Å². The van der Waals surface area contributed by atoms with Crippen molar-refractivity contribution in [1.82, 2.24) is 10.2 Å². The van der Waals surface area contributed by atoms with Crippen molar-refractivity contribution >= 4 is 5.97 Å². The number of fused-ring (bicyclic) bond motifs is 1. The fourth-order valence-corrected chi connectivity index (χ4v) is 3.37. The molecule has 102 valence electrons. The van der Waals surface area contributed by atoms with E-state index in [2.05, 4.69) is 15.0 Å². The predicted octanol–water partition coefficient (Wildman–Crippen LogP) is 0.763. The first-order chi connectivity index (χ1) is 8.56. The van der Waals surface area contributed by atoms with E-state index in [0.29, 0.717) is 18.6 Å². The number of halogens is 2. The van der Waals surface area contributed by atoms with Crippen LogP contribution in [0.1, 0.15) is 25.7 Å². The SMILES string of the molecule is O=C1OC(CNC2CCN3CCCC23)CC1(F)F. The van der Waals surface area contributed by atoms with Gasteiger partial charge in [0, 0.05) is 25.2 Å². The lowest BCUT2D eigenvalue weighted by Crippen LogP contribution is -2.42. The summed E-state index contributed by atoms with van der Waals surface area (Å²) in [6, 6.07) is 0.906. The predicted molar refractivity (Wildman–Crippen MR) is 60.4 cm³/mol. The summed E-state index contributed by atoms with van der Waals surface area (Å²) in [4.78, 5) is 13.3. The van der Waals surface area contributed by atoms with Gasteiger partial charge in [0.15, 0.2) is 0 Å². The first-order valence-corrected chi connectivity index (χ1v) is 6.62. The number of ether oxygens (including phenoxy) is 1. The second-order valence-corrected chi connectivity index (χ2v) is 5.48. The zero-order valence-electron chi connectivity index (χ0n) is 10.2. The molecule has 0 aromatic heterocycles. The molecule has 3 fully saturated rings. The second-order valence-electron chi connectivity index (χ2n) is 5.48. The van der Waals surface area contributed by atoms with Crippen molar-refractivity contribution in [2.75, 3.05) is 19.6 Å². The minimum absolute atomic E-state index is 0.344. The van der Waals surface area contributed by atoms with E-state index < -0.39 is 24.4 Å². The van der Waals surface area contributed by atoms with Gasteiger partial charge >= 0.3 is 11.9 Å². The lowest BCUT2D eigenvalue weighted by Gasteiger charge is -2.22. The molecule has 0 saturated carbocycles. The number of nitrogens with one attached hydrogen (secondary N) is 1. The molecule has 0 aromatic rings. The number of nitrogens with zero attached hydrogens (tertiary/aromatic N) is 1. The Morgan fingerprint density at radius 1 is 1.39 bits per heavy atom. The monoisotopic (exact) mass is 260 g/mol. The van der Waals surface area contributed by atoms with Gasteiger partial charge in [-0.05, 0) is 25.8 Å². The van der Waals surface area contributed by atoms with Crippen LogP contribution < -0.4 is 5.32 Å². The Balaban J connectivity index is 1.49. The average molecular weight is 260 g/mol. The number of esters is 1. The van der Waals surface area contributed by atoms with Crippen molar-refractivity contribution in [2.24, 2.45) is 0 Å². The van der Waals surface area contributed by atoms with Gasteiger partial charge in [0.05, 0.1) is 6.42 Å². The summed E-state index contributed by atoms with van der Waals surface area (Å²) in [7, 11) is 0. The molecule has 3 unspecified atom stereocenters. The van der Waals surface area contributed by atoms with Crippen LogP contribution in [0.5, 0.6) is 0 Å². The van der Waals surface area contributed by atoms with Crippen LogP contribution in [-0.2, 0) is 9.53 Å². The van der Waals surface area contributed by atoms with E-state index in [9.17, 15) is 13.6 Å². The van der Waals surface area contributed by atoms with Crippen LogP contribution in [0.15, 0.2) is 0 Å². The molecule has 3 heterocycles. The zero-order valence-corrected chi connectivity index (χ0v) is 10.2. The molecule has 3 aliphatic heterocycles. The van der Waals surface area contributed by atoms with Crippen LogP contribution in [0.3, 0.4) is 0 Å². The minimum Gasteiger partial charge on any atom is -0.456 e. The van der Waals surface area contributed by atoms with Gasteiger partial charge in [0.2, 0.25) is 0 Å². The van der Waals surface area contributed by atoms with Crippen molar-refractivity contribution in [3.8, 4) is 0 Å². The summed E-state index contributed by atoms with van der Waals surface area (Å²) >= 11 is 0. The van der Waals surface area contributed by atoms with Crippen molar-refractivity contribution in [3.05, 3.63) is 0 Å². The Kier molecular flexibility index (Phi) is 3.02. The average Bonchev–Trinajstić information content (AvgIpc) is 2.92. The minimum atomic E-state index is -3.29. The van der Waals surface area contributed by atoms with Crippen molar-refractivity contribution < 1.29 is 18.3 Å². The lowest BCUT2D eigenvalue weighted by atomic mass is 10.1. The van der Waals surface area contributed by atoms with Gasteiger partial charge in [-0.1, -0.05) is 0 Å². The smallest absolute Gasteiger partial charge is 0.377 e. The van der Waals surface area contributed by atoms with Gasteiger partial charge in [-0.2, -0.15) is 8.78 Å². The Labute approximate surface area is 105 Å². The van der Waals surface area contributed by atoms with Crippen LogP contribution in [0.2, 0.25) is 0 Å². The molecule has 6 heteroatoms. The maximum atomic E-state index is 13.0. The second kappa shape index (κ2) is 4.42. The lowest BCUT2D eigenvalue weighted by molar-refractivity contribution is -0.159. The van der Waals surface area contributed by atoms with Crippen LogP contribution >= 0.6 is 0 Å². The summed E-state index contributed by atoms with van der Waals surface area (Å²) in [6.07, 6.45) is 2.29. The van der Waals surface area contributed by atoms with Crippen LogP contribution in [0, 0.1) is 0 Å². The van der Waals surface area contributed by atoms with E-state index in [1.165, 1.54) is 12.8 Å². The summed E-state index contributed by atoms with van der Waals surface area (Å²) in [6.45, 7) is 2.58. The molecule has 0 aliphatic carbocycles. The Morgan fingerprint density at radius 2 is 2.22 bits per heavy atom. The molecule has 1 N–H and O–H groups in total. The Hall–Kier alpha value is -0.750. The van der Waals surface area contributed by atoms with Gasteiger partial charge < -0.3 is 10.1 Å². The fraction of sp³-hybridized carbons (Fsp3) is 0.917. The number of rotatable bonds is 3. The fourth-order valence-electron chi connectivity index (χ4n) is 3.37. The van der Waals surface area contributed by atoms with Crippen LogP contribution in [0.4, 0.5) is 8.78 Å². The molecule has 18 heavy (non-hydrogen) atoms. The summed E-state index contributed by atoms with van der Waals surface area (Å²) in [5.41, 5.74) is 0. The highest BCUT2D eigenvalue weighted by molar-refractivity contribution is 5.79. The normalized spacial score (nSPS) is 39.0. The van der Waals surface area contributed by atoms with Crippen LogP contribution in [-0.4, -0.2) is 54.6 Å². The number of alkyl halides is 2. The highest BCUT2D eigenvalue weighted by Crippen LogP contribution is 2.31. The Bertz CT molecular complexity index is 351. The van der Waals surface area contributed by atoms with Gasteiger partial charge in [-0.15, -0.1) is 0 Å². The maximum Gasteiger partial charge on any atom is 0.377 e. The largest absolute Gasteiger partial charge is 0.456 e. The van der Waals surface area contributed by atoms with Crippen molar-refractivity contribution in [2.45, 2.75) is 49.8 Å². The van der Waals surface area contributed by atoms with E-state index in [1.54, 1.807) is 0 Å². The van der Waals surface area contributed by atoms with Gasteiger partial charge in [0.1, 0.15) is 6.10 Å². The standard InChI is InChI=1S/C12H18F2N2O2/c13-12(14)6-8(18-11(12)17)7-15-9-3-5-16-4-1-2-10(9)16/h8-10,15H,1-7H2. The molecule has 3 atom stereocenters. The van der Waals surface area contributed by atoms with Gasteiger partial charge in [0.25, 0.3) is 0 Å². The zero-order chi connectivity index (χ0) is 12.8. The van der Waals surface area contributed by atoms with E-state index in [4.69, 9.17) is 0 Å². The van der Waals surface area contributed by atoms with Crippen molar-refractivity contribution in [3.63, 3.8) is 0 Å². The third-order valence-corrected chi connectivity index (χ3v) is 4.27. The number of cyclic esters (lactones) is 1. The molecule has 0 radical (unpaired) electrons. The van der Waals surface area contributed by atoms with E-state index >= 15 is 0 Å². The Morgan fingerprint density at radius 3 is 2.94 bits per heavy atom. The van der Waals surface area contributed by atoms with E-state index in [0.717, 1.165) is 19.5 Å². The highest BCUT2D eigenvalue weighted by Gasteiger charge is 2.50. The quantitative estimate of drug-likeness (QED) is 0.761. The summed E-state index contributed by atoms with van der Waals surface area (Å²) in [5, 5.41) is 3.30.